The number of thiol groups is 1. The maximum absolute atomic E-state index is 13.5. The lowest BCUT2D eigenvalue weighted by Gasteiger charge is -2.32. The molecule has 1 atom stereocenters. The molecule has 0 radical (unpaired) electrons. The van der Waals surface area contributed by atoms with Crippen LogP contribution in [0.5, 0.6) is 11.5 Å². The molecule has 0 aliphatic carbocycles. The Labute approximate surface area is 203 Å². The SMILES string of the molecule is COc1ccccc1-c1cc([SH]2c3ccccc3C(=O)c3cc(C(C)C)ccc32)ccc1OC. The van der Waals surface area contributed by atoms with Crippen molar-refractivity contribution >= 4 is 16.7 Å². The second-order valence-electron chi connectivity index (χ2n) is 8.70. The van der Waals surface area contributed by atoms with Crippen LogP contribution in [0.1, 0.15) is 41.3 Å². The number of fused-ring (bicyclic) bond motifs is 2. The topological polar surface area (TPSA) is 35.5 Å². The molecule has 1 aliphatic heterocycles. The molecule has 0 N–H and O–H groups in total. The van der Waals surface area contributed by atoms with Crippen LogP contribution in [-0.2, 0) is 0 Å². The Morgan fingerprint density at radius 3 is 2.03 bits per heavy atom. The fraction of sp³-hybridized carbons (Fsp3) is 0.167. The average Bonchev–Trinajstić information content (AvgIpc) is 2.88. The van der Waals surface area contributed by atoms with Crippen molar-refractivity contribution in [1.29, 1.82) is 0 Å². The zero-order chi connectivity index (χ0) is 23.8. The number of carbonyl (C=O) groups excluding carboxylic acids is 1. The second kappa shape index (κ2) is 9.03. The third kappa shape index (κ3) is 3.68. The molecule has 3 nitrogen and oxygen atoms in total. The minimum absolute atomic E-state index is 0.116. The number of hydrogen-bond donors (Lipinski definition) is 1. The van der Waals surface area contributed by atoms with Gasteiger partial charge in [0.2, 0.25) is 0 Å². The molecule has 0 saturated heterocycles. The normalized spacial score (nSPS) is 15.6. The minimum Gasteiger partial charge on any atom is -0.496 e. The van der Waals surface area contributed by atoms with Crippen molar-refractivity contribution in [2.45, 2.75) is 34.5 Å². The Balaban J connectivity index is 1.75. The fourth-order valence-electron chi connectivity index (χ4n) is 4.62. The van der Waals surface area contributed by atoms with Crippen molar-refractivity contribution in [2.75, 3.05) is 14.2 Å². The third-order valence-electron chi connectivity index (χ3n) is 6.40. The molecule has 5 rings (SSSR count). The Morgan fingerprint density at radius 2 is 1.29 bits per heavy atom. The highest BCUT2D eigenvalue weighted by atomic mass is 32.2. The zero-order valence-corrected chi connectivity index (χ0v) is 20.7. The molecule has 0 aromatic heterocycles. The minimum atomic E-state index is -0.912. The summed E-state index contributed by atoms with van der Waals surface area (Å²) in [6.45, 7) is 4.32. The van der Waals surface area contributed by atoms with Crippen molar-refractivity contribution in [2.24, 2.45) is 0 Å². The Morgan fingerprint density at radius 1 is 0.647 bits per heavy atom. The van der Waals surface area contributed by atoms with Gasteiger partial charge in [0.15, 0.2) is 5.78 Å². The quantitative estimate of drug-likeness (QED) is 0.271. The molecule has 4 aromatic carbocycles. The van der Waals surface area contributed by atoms with Gasteiger partial charge in [0.05, 0.1) is 14.2 Å². The van der Waals surface area contributed by atoms with Gasteiger partial charge in [-0.15, -0.1) is 0 Å². The standard InChI is InChI=1S/C30H28O3S/c1-19(2)20-13-16-29-25(17-20)30(31)23-10-6-8-12-28(23)34(29)21-14-15-27(33-4)24(18-21)22-9-5-7-11-26(22)32-3/h5-19,34H,1-4H3. The van der Waals surface area contributed by atoms with Crippen LogP contribution in [0.4, 0.5) is 0 Å². The summed E-state index contributed by atoms with van der Waals surface area (Å²) in [5.74, 6) is 2.07. The van der Waals surface area contributed by atoms with Crippen molar-refractivity contribution in [1.82, 2.24) is 0 Å². The highest BCUT2D eigenvalue weighted by Crippen LogP contribution is 2.58. The van der Waals surface area contributed by atoms with Gasteiger partial charge >= 0.3 is 0 Å². The van der Waals surface area contributed by atoms with E-state index in [0.717, 1.165) is 43.5 Å². The molecule has 1 heterocycles. The van der Waals surface area contributed by atoms with Crippen LogP contribution in [0.2, 0.25) is 0 Å². The van der Waals surface area contributed by atoms with Crippen molar-refractivity contribution in [3.63, 3.8) is 0 Å². The maximum atomic E-state index is 13.5. The zero-order valence-electron chi connectivity index (χ0n) is 19.8. The molecule has 0 fully saturated rings. The van der Waals surface area contributed by atoms with Gasteiger partial charge in [0.1, 0.15) is 11.5 Å². The third-order valence-corrected chi connectivity index (χ3v) is 8.94. The first kappa shape index (κ1) is 22.3. The summed E-state index contributed by atoms with van der Waals surface area (Å²) in [5.41, 5.74) is 4.78. The number of ether oxygens (including phenoxy) is 2. The highest BCUT2D eigenvalue weighted by Gasteiger charge is 2.30. The van der Waals surface area contributed by atoms with Gasteiger partial charge in [-0.25, -0.2) is 0 Å². The molecule has 172 valence electrons. The van der Waals surface area contributed by atoms with E-state index in [4.69, 9.17) is 9.47 Å². The summed E-state index contributed by atoms with van der Waals surface area (Å²) >= 11 is 0. The monoisotopic (exact) mass is 468 g/mol. The smallest absolute Gasteiger partial charge is 0.195 e. The first-order valence-electron chi connectivity index (χ1n) is 11.4. The van der Waals surface area contributed by atoms with E-state index in [0.29, 0.717) is 5.92 Å². The lowest BCUT2D eigenvalue weighted by Crippen LogP contribution is -2.13. The van der Waals surface area contributed by atoms with Gasteiger partial charge in [0, 0.05) is 32.0 Å². The number of ketones is 1. The summed E-state index contributed by atoms with van der Waals surface area (Å²) in [6, 6.07) is 28.8. The van der Waals surface area contributed by atoms with Gasteiger partial charge in [-0.3, -0.25) is 4.79 Å². The van der Waals surface area contributed by atoms with Gasteiger partial charge in [-0.05, 0) is 64.9 Å². The van der Waals surface area contributed by atoms with Crippen LogP contribution in [0.15, 0.2) is 99.6 Å². The molecule has 4 heteroatoms. The Hall–Kier alpha value is -3.50. The average molecular weight is 469 g/mol. The number of para-hydroxylation sites is 1. The summed E-state index contributed by atoms with van der Waals surface area (Å²) in [4.78, 5) is 16.9. The number of rotatable bonds is 5. The van der Waals surface area contributed by atoms with E-state index in [1.165, 1.54) is 10.5 Å². The van der Waals surface area contributed by atoms with Crippen LogP contribution >= 0.6 is 10.9 Å². The van der Waals surface area contributed by atoms with Crippen LogP contribution < -0.4 is 9.47 Å². The van der Waals surface area contributed by atoms with Crippen molar-refractivity contribution in [3.05, 3.63) is 102 Å². The lowest BCUT2D eigenvalue weighted by molar-refractivity contribution is 0.103. The molecular weight excluding hydrogens is 440 g/mol. The summed E-state index contributed by atoms with van der Waals surface area (Å²) in [5, 5.41) is 0. The lowest BCUT2D eigenvalue weighted by atomic mass is 9.96. The first-order valence-corrected chi connectivity index (χ1v) is 12.8. The van der Waals surface area contributed by atoms with Gasteiger partial charge in [-0.1, -0.05) is 50.2 Å². The summed E-state index contributed by atoms with van der Waals surface area (Å²) < 4.78 is 11.4. The van der Waals surface area contributed by atoms with Crippen LogP contribution in [0, 0.1) is 0 Å². The molecule has 0 spiro atoms. The molecule has 1 unspecified atom stereocenters. The number of carbonyl (C=O) groups is 1. The number of hydrogen-bond acceptors (Lipinski definition) is 3. The van der Waals surface area contributed by atoms with Crippen LogP contribution in [-0.4, -0.2) is 20.0 Å². The highest BCUT2D eigenvalue weighted by molar-refractivity contribution is 8.17. The maximum Gasteiger partial charge on any atom is 0.195 e. The largest absolute Gasteiger partial charge is 0.496 e. The molecule has 0 saturated carbocycles. The van der Waals surface area contributed by atoms with E-state index >= 15 is 0 Å². The molecule has 34 heavy (non-hydrogen) atoms. The molecule has 4 aromatic rings. The van der Waals surface area contributed by atoms with Crippen molar-refractivity contribution < 1.29 is 14.3 Å². The predicted octanol–water partition coefficient (Wildman–Crippen LogP) is 7.52. The van der Waals surface area contributed by atoms with Crippen LogP contribution in [0.25, 0.3) is 11.1 Å². The summed E-state index contributed by atoms with van der Waals surface area (Å²) in [7, 11) is 2.46. The summed E-state index contributed by atoms with van der Waals surface area (Å²) in [6.07, 6.45) is 0. The molecule has 0 amide bonds. The molecular formula is C30H28O3S. The van der Waals surface area contributed by atoms with Gasteiger partial charge in [0.25, 0.3) is 0 Å². The van der Waals surface area contributed by atoms with E-state index < -0.39 is 10.9 Å². The van der Waals surface area contributed by atoms with E-state index in [2.05, 4.69) is 56.3 Å². The fourth-order valence-corrected chi connectivity index (χ4v) is 7.20. The van der Waals surface area contributed by atoms with E-state index in [9.17, 15) is 4.79 Å². The van der Waals surface area contributed by atoms with Crippen molar-refractivity contribution in [3.8, 4) is 22.6 Å². The second-order valence-corrected chi connectivity index (χ2v) is 10.8. The van der Waals surface area contributed by atoms with E-state index in [1.54, 1.807) is 14.2 Å². The Kier molecular flexibility index (Phi) is 5.93. The van der Waals surface area contributed by atoms with E-state index in [1.807, 2.05) is 42.5 Å². The van der Waals surface area contributed by atoms with Gasteiger partial charge in [-0.2, -0.15) is 10.9 Å². The first-order chi connectivity index (χ1) is 16.5. The Bertz CT molecular complexity index is 1390. The van der Waals surface area contributed by atoms with Crippen LogP contribution in [0.3, 0.4) is 0 Å². The van der Waals surface area contributed by atoms with Gasteiger partial charge < -0.3 is 9.47 Å². The predicted molar refractivity (Wildman–Crippen MR) is 139 cm³/mol. The van der Waals surface area contributed by atoms with E-state index in [-0.39, 0.29) is 5.78 Å². The molecule has 1 aliphatic rings. The molecule has 0 bridgehead atoms. The number of benzene rings is 4. The number of methoxy groups -OCH3 is 2.